The molecule has 0 bridgehead atoms. The van der Waals surface area contributed by atoms with Crippen molar-refractivity contribution in [1.29, 1.82) is 5.26 Å². The third-order valence-corrected chi connectivity index (χ3v) is 3.65. The Morgan fingerprint density at radius 2 is 2.39 bits per heavy atom. The molecule has 1 saturated heterocycles. The Morgan fingerprint density at radius 1 is 1.61 bits per heavy atom. The van der Waals surface area contributed by atoms with Crippen LogP contribution in [0.5, 0.6) is 0 Å². The van der Waals surface area contributed by atoms with Crippen molar-refractivity contribution in [3.63, 3.8) is 0 Å². The molecule has 2 unspecified atom stereocenters. The zero-order valence-electron chi connectivity index (χ0n) is 10.6. The zero-order valence-corrected chi connectivity index (χ0v) is 10.6. The van der Waals surface area contributed by atoms with Gasteiger partial charge in [-0.15, -0.1) is 0 Å². The van der Waals surface area contributed by atoms with Crippen LogP contribution in [0.1, 0.15) is 24.5 Å². The van der Waals surface area contributed by atoms with E-state index in [2.05, 4.69) is 4.90 Å². The lowest BCUT2D eigenvalue weighted by atomic mass is 10.0. The maximum absolute atomic E-state index is 13.9. The fourth-order valence-corrected chi connectivity index (χ4v) is 2.46. The molecule has 0 amide bonds. The summed E-state index contributed by atoms with van der Waals surface area (Å²) in [4.78, 5) is 2.20. The number of nitrogens with zero attached hydrogens (tertiary/aromatic N) is 2. The molecule has 0 radical (unpaired) electrons. The standard InChI is InChI=1S/C14H18FN3/c1-10(17)12-5-6-18(8-12)9-13-4-2-3-11(7-16)14(13)15/h2-4,10,12H,5-6,8-9,17H2,1H3. The van der Waals surface area contributed by atoms with E-state index in [9.17, 15) is 4.39 Å². The molecule has 1 fully saturated rings. The third kappa shape index (κ3) is 2.69. The van der Waals surface area contributed by atoms with Gasteiger partial charge in [0.2, 0.25) is 0 Å². The Balaban J connectivity index is 2.05. The summed E-state index contributed by atoms with van der Waals surface area (Å²) in [6.45, 7) is 4.44. The van der Waals surface area contributed by atoms with Crippen molar-refractivity contribution in [3.05, 3.63) is 35.1 Å². The lowest BCUT2D eigenvalue weighted by Crippen LogP contribution is -2.29. The van der Waals surface area contributed by atoms with Crippen LogP contribution >= 0.6 is 0 Å². The zero-order chi connectivity index (χ0) is 13.1. The second-order valence-electron chi connectivity index (χ2n) is 5.03. The highest BCUT2D eigenvalue weighted by molar-refractivity contribution is 5.34. The fraction of sp³-hybridized carbons (Fsp3) is 0.500. The summed E-state index contributed by atoms with van der Waals surface area (Å²) in [6, 6.07) is 7.04. The lowest BCUT2D eigenvalue weighted by molar-refractivity contribution is 0.304. The van der Waals surface area contributed by atoms with Crippen LogP contribution in [0.4, 0.5) is 4.39 Å². The highest BCUT2D eigenvalue weighted by Gasteiger charge is 2.25. The molecule has 4 heteroatoms. The fourth-order valence-electron chi connectivity index (χ4n) is 2.46. The highest BCUT2D eigenvalue weighted by Crippen LogP contribution is 2.22. The largest absolute Gasteiger partial charge is 0.328 e. The van der Waals surface area contributed by atoms with Gasteiger partial charge in [0.05, 0.1) is 5.56 Å². The summed E-state index contributed by atoms with van der Waals surface area (Å²) < 4.78 is 13.9. The molecule has 2 atom stereocenters. The van der Waals surface area contributed by atoms with Crippen LogP contribution in [0.15, 0.2) is 18.2 Å². The molecule has 1 heterocycles. The first-order chi connectivity index (χ1) is 8.61. The average molecular weight is 247 g/mol. The van der Waals surface area contributed by atoms with Crippen molar-refractivity contribution in [1.82, 2.24) is 4.90 Å². The number of hydrogen-bond donors (Lipinski definition) is 1. The van der Waals surface area contributed by atoms with Gasteiger partial charge in [-0.25, -0.2) is 4.39 Å². The lowest BCUT2D eigenvalue weighted by Gasteiger charge is -2.18. The molecule has 0 aliphatic carbocycles. The van der Waals surface area contributed by atoms with E-state index in [1.165, 1.54) is 6.07 Å². The SMILES string of the molecule is CC(N)C1CCN(Cc2cccc(C#N)c2F)C1. The van der Waals surface area contributed by atoms with Gasteiger partial charge in [0.15, 0.2) is 0 Å². The van der Waals surface area contributed by atoms with Crippen molar-refractivity contribution in [2.75, 3.05) is 13.1 Å². The molecule has 1 aliphatic rings. The van der Waals surface area contributed by atoms with E-state index in [-0.39, 0.29) is 17.4 Å². The van der Waals surface area contributed by atoms with Crippen LogP contribution in [0.3, 0.4) is 0 Å². The van der Waals surface area contributed by atoms with Crippen LogP contribution in [0.2, 0.25) is 0 Å². The number of halogens is 1. The summed E-state index contributed by atoms with van der Waals surface area (Å²) in [5.74, 6) is 0.108. The van der Waals surface area contributed by atoms with Crippen molar-refractivity contribution in [2.45, 2.75) is 25.9 Å². The Bertz CT molecular complexity index is 465. The first-order valence-corrected chi connectivity index (χ1v) is 6.27. The summed E-state index contributed by atoms with van der Waals surface area (Å²) in [7, 11) is 0. The summed E-state index contributed by atoms with van der Waals surface area (Å²) in [6.07, 6.45) is 1.07. The van der Waals surface area contributed by atoms with E-state index in [1.54, 1.807) is 12.1 Å². The van der Waals surface area contributed by atoms with E-state index in [1.807, 2.05) is 13.0 Å². The smallest absolute Gasteiger partial charge is 0.145 e. The molecular formula is C14H18FN3. The van der Waals surface area contributed by atoms with Crippen LogP contribution < -0.4 is 5.73 Å². The second kappa shape index (κ2) is 5.47. The van der Waals surface area contributed by atoms with Gasteiger partial charge in [0.25, 0.3) is 0 Å². The molecule has 0 saturated carbocycles. The molecule has 0 aromatic heterocycles. The van der Waals surface area contributed by atoms with Crippen LogP contribution in [0, 0.1) is 23.1 Å². The number of nitriles is 1. The molecule has 0 spiro atoms. The second-order valence-corrected chi connectivity index (χ2v) is 5.03. The summed E-state index contributed by atoms with van der Waals surface area (Å²) in [5.41, 5.74) is 6.60. The Labute approximate surface area is 107 Å². The van der Waals surface area contributed by atoms with Crippen LogP contribution in [0.25, 0.3) is 0 Å². The van der Waals surface area contributed by atoms with Gasteiger partial charge in [0, 0.05) is 24.7 Å². The van der Waals surface area contributed by atoms with Gasteiger partial charge in [-0.3, -0.25) is 4.90 Å². The van der Waals surface area contributed by atoms with Gasteiger partial charge in [-0.2, -0.15) is 5.26 Å². The summed E-state index contributed by atoms with van der Waals surface area (Å²) in [5, 5.41) is 8.80. The molecule has 1 aliphatic heterocycles. The maximum Gasteiger partial charge on any atom is 0.145 e. The van der Waals surface area contributed by atoms with E-state index in [0.29, 0.717) is 18.0 Å². The number of benzene rings is 1. The van der Waals surface area contributed by atoms with E-state index in [0.717, 1.165) is 19.5 Å². The molecule has 2 N–H and O–H groups in total. The highest BCUT2D eigenvalue weighted by atomic mass is 19.1. The normalized spacial score (nSPS) is 21.8. The molecular weight excluding hydrogens is 229 g/mol. The number of hydrogen-bond acceptors (Lipinski definition) is 3. The molecule has 18 heavy (non-hydrogen) atoms. The van der Waals surface area contributed by atoms with Crippen molar-refractivity contribution >= 4 is 0 Å². The van der Waals surface area contributed by atoms with Gasteiger partial charge in [0.1, 0.15) is 11.9 Å². The van der Waals surface area contributed by atoms with Crippen LogP contribution in [-0.4, -0.2) is 24.0 Å². The minimum absolute atomic E-state index is 0.121. The summed E-state index contributed by atoms with van der Waals surface area (Å²) >= 11 is 0. The predicted octanol–water partition coefficient (Wildman–Crippen LogP) is 1.87. The van der Waals surface area contributed by atoms with Crippen molar-refractivity contribution in [3.8, 4) is 6.07 Å². The Kier molecular flexibility index (Phi) is 3.95. The monoisotopic (exact) mass is 247 g/mol. The predicted molar refractivity (Wildman–Crippen MR) is 68.1 cm³/mol. The van der Waals surface area contributed by atoms with Gasteiger partial charge in [-0.05, 0) is 31.9 Å². The van der Waals surface area contributed by atoms with Crippen LogP contribution in [-0.2, 0) is 6.54 Å². The number of likely N-dealkylation sites (tertiary alicyclic amines) is 1. The molecule has 2 rings (SSSR count). The van der Waals surface area contributed by atoms with Gasteiger partial charge in [-0.1, -0.05) is 12.1 Å². The first-order valence-electron chi connectivity index (χ1n) is 6.27. The van der Waals surface area contributed by atoms with E-state index in [4.69, 9.17) is 11.0 Å². The molecule has 96 valence electrons. The minimum atomic E-state index is -0.385. The number of nitrogens with two attached hydrogens (primary N) is 1. The Morgan fingerprint density at radius 3 is 3.00 bits per heavy atom. The maximum atomic E-state index is 13.9. The van der Waals surface area contributed by atoms with Crippen molar-refractivity contribution in [2.24, 2.45) is 11.7 Å². The van der Waals surface area contributed by atoms with E-state index >= 15 is 0 Å². The number of rotatable bonds is 3. The van der Waals surface area contributed by atoms with Gasteiger partial charge < -0.3 is 5.73 Å². The first kappa shape index (κ1) is 13.0. The molecule has 3 nitrogen and oxygen atoms in total. The average Bonchev–Trinajstić information content (AvgIpc) is 2.80. The van der Waals surface area contributed by atoms with Crippen molar-refractivity contribution < 1.29 is 4.39 Å². The minimum Gasteiger partial charge on any atom is -0.328 e. The van der Waals surface area contributed by atoms with E-state index < -0.39 is 0 Å². The van der Waals surface area contributed by atoms with Gasteiger partial charge >= 0.3 is 0 Å². The quantitative estimate of drug-likeness (QED) is 0.887. The molecule has 1 aromatic rings. The topological polar surface area (TPSA) is 53.0 Å². The third-order valence-electron chi connectivity index (χ3n) is 3.65. The molecule has 1 aromatic carbocycles. The Hall–Kier alpha value is -1.44.